The lowest BCUT2D eigenvalue weighted by Gasteiger charge is -2.05. The van der Waals surface area contributed by atoms with Gasteiger partial charge >= 0.3 is 5.97 Å². The number of benzene rings is 1. The van der Waals surface area contributed by atoms with E-state index in [0.29, 0.717) is 5.82 Å². The van der Waals surface area contributed by atoms with Crippen LogP contribution < -0.4 is 0 Å². The molecule has 6 heteroatoms. The van der Waals surface area contributed by atoms with Crippen LogP contribution in [0.15, 0.2) is 33.3 Å². The van der Waals surface area contributed by atoms with Gasteiger partial charge in [-0.25, -0.2) is 0 Å². The average Bonchev–Trinajstić information content (AvgIpc) is 2.78. The smallest absolute Gasteiger partial charge is 0.303 e. The molecule has 1 aromatic heterocycles. The van der Waals surface area contributed by atoms with Crippen LogP contribution in [0.3, 0.4) is 0 Å². The number of carbonyl (C=O) groups excluding carboxylic acids is 1. The van der Waals surface area contributed by atoms with Gasteiger partial charge in [-0.1, -0.05) is 21.1 Å². The van der Waals surface area contributed by atoms with Crippen LogP contribution in [-0.2, 0) is 9.53 Å². The van der Waals surface area contributed by atoms with Crippen molar-refractivity contribution in [3.05, 3.63) is 34.6 Å². The van der Waals surface area contributed by atoms with Crippen LogP contribution in [0, 0.1) is 0 Å². The Bertz CT molecular complexity index is 551. The maximum atomic E-state index is 10.8. The summed E-state index contributed by atoms with van der Waals surface area (Å²) in [6.07, 6.45) is -0.542. The van der Waals surface area contributed by atoms with Gasteiger partial charge in [0.25, 0.3) is 5.89 Å². The summed E-state index contributed by atoms with van der Waals surface area (Å²) in [4.78, 5) is 15.0. The highest BCUT2D eigenvalue weighted by molar-refractivity contribution is 9.10. The number of hydrogen-bond acceptors (Lipinski definition) is 5. The lowest BCUT2D eigenvalue weighted by atomic mass is 10.2. The van der Waals surface area contributed by atoms with Crippen LogP contribution >= 0.6 is 15.9 Å². The standard InChI is InChI=1S/C12H11BrN2O3/c1-7(17-8(2)16)12-14-11(15-18-12)9-3-5-10(13)6-4-9/h3-7H,1-2H3/t7-/m0/s1. The van der Waals surface area contributed by atoms with Crippen molar-refractivity contribution in [1.29, 1.82) is 0 Å². The van der Waals surface area contributed by atoms with Gasteiger partial charge in [0, 0.05) is 17.0 Å². The molecule has 0 saturated carbocycles. The van der Waals surface area contributed by atoms with E-state index >= 15 is 0 Å². The Kier molecular flexibility index (Phi) is 3.76. The average molecular weight is 311 g/mol. The number of hydrogen-bond donors (Lipinski definition) is 0. The van der Waals surface area contributed by atoms with Crippen molar-refractivity contribution in [2.24, 2.45) is 0 Å². The highest BCUT2D eigenvalue weighted by atomic mass is 79.9. The zero-order chi connectivity index (χ0) is 13.1. The van der Waals surface area contributed by atoms with Gasteiger partial charge in [-0.15, -0.1) is 0 Å². The molecule has 0 aliphatic carbocycles. The second kappa shape index (κ2) is 5.30. The van der Waals surface area contributed by atoms with E-state index in [-0.39, 0.29) is 11.9 Å². The monoisotopic (exact) mass is 310 g/mol. The lowest BCUT2D eigenvalue weighted by Crippen LogP contribution is -2.04. The van der Waals surface area contributed by atoms with E-state index in [1.54, 1.807) is 6.92 Å². The Labute approximate surface area is 112 Å². The maximum Gasteiger partial charge on any atom is 0.303 e. The zero-order valence-electron chi connectivity index (χ0n) is 9.88. The summed E-state index contributed by atoms with van der Waals surface area (Å²) in [6, 6.07) is 7.52. The number of aromatic nitrogens is 2. The molecule has 0 fully saturated rings. The molecular formula is C12H11BrN2O3. The van der Waals surface area contributed by atoms with E-state index in [2.05, 4.69) is 26.1 Å². The second-order valence-electron chi connectivity index (χ2n) is 3.71. The second-order valence-corrected chi connectivity index (χ2v) is 4.63. The Hall–Kier alpha value is -1.69. The van der Waals surface area contributed by atoms with Gasteiger partial charge in [0.05, 0.1) is 0 Å². The third kappa shape index (κ3) is 2.95. The molecule has 2 aromatic rings. The quantitative estimate of drug-likeness (QED) is 0.815. The number of esters is 1. The molecule has 94 valence electrons. The lowest BCUT2D eigenvalue weighted by molar-refractivity contribution is -0.146. The fourth-order valence-corrected chi connectivity index (χ4v) is 1.68. The molecule has 0 amide bonds. The molecule has 1 heterocycles. The molecule has 0 aliphatic heterocycles. The number of halogens is 1. The summed E-state index contributed by atoms with van der Waals surface area (Å²) in [7, 11) is 0. The molecular weight excluding hydrogens is 300 g/mol. The first-order chi connectivity index (χ1) is 8.56. The van der Waals surface area contributed by atoms with Crippen LogP contribution in [0.2, 0.25) is 0 Å². The molecule has 5 nitrogen and oxygen atoms in total. The van der Waals surface area contributed by atoms with Gasteiger partial charge in [0.15, 0.2) is 6.10 Å². The van der Waals surface area contributed by atoms with Crippen LogP contribution in [0.25, 0.3) is 11.4 Å². The summed E-state index contributed by atoms with van der Waals surface area (Å²) in [5.74, 6) is 0.366. The molecule has 1 atom stereocenters. The first kappa shape index (κ1) is 12.8. The summed E-state index contributed by atoms with van der Waals surface area (Å²) in [5, 5.41) is 3.85. The first-order valence-electron chi connectivity index (χ1n) is 5.33. The Morgan fingerprint density at radius 3 is 2.67 bits per heavy atom. The predicted octanol–water partition coefficient (Wildman–Crippen LogP) is 3.12. The van der Waals surface area contributed by atoms with Gasteiger partial charge in [0.1, 0.15) is 0 Å². The maximum absolute atomic E-state index is 10.8. The van der Waals surface area contributed by atoms with Crippen LogP contribution in [-0.4, -0.2) is 16.1 Å². The Morgan fingerprint density at radius 1 is 1.39 bits per heavy atom. The molecule has 0 aliphatic rings. The third-order valence-electron chi connectivity index (χ3n) is 2.23. The summed E-state index contributed by atoms with van der Waals surface area (Å²) < 4.78 is 11.0. The van der Waals surface area contributed by atoms with Crippen LogP contribution in [0.4, 0.5) is 0 Å². The topological polar surface area (TPSA) is 65.2 Å². The SMILES string of the molecule is CC(=O)O[C@@H](C)c1nc(-c2ccc(Br)cc2)no1. The van der Waals surface area contributed by atoms with E-state index in [0.717, 1.165) is 10.0 Å². The highest BCUT2D eigenvalue weighted by Crippen LogP contribution is 2.22. The van der Waals surface area contributed by atoms with Crippen molar-refractivity contribution in [3.63, 3.8) is 0 Å². The van der Waals surface area contributed by atoms with Gasteiger partial charge in [-0.05, 0) is 31.2 Å². The van der Waals surface area contributed by atoms with E-state index in [9.17, 15) is 4.79 Å². The number of nitrogens with zero attached hydrogens (tertiary/aromatic N) is 2. The van der Waals surface area contributed by atoms with Gasteiger partial charge in [-0.3, -0.25) is 4.79 Å². The minimum Gasteiger partial charge on any atom is -0.453 e. The Balaban J connectivity index is 2.19. The van der Waals surface area contributed by atoms with E-state index in [1.165, 1.54) is 6.92 Å². The van der Waals surface area contributed by atoms with Crippen molar-refractivity contribution in [2.75, 3.05) is 0 Å². The van der Waals surface area contributed by atoms with E-state index < -0.39 is 6.10 Å². The van der Waals surface area contributed by atoms with Crippen molar-refractivity contribution in [1.82, 2.24) is 10.1 Å². The van der Waals surface area contributed by atoms with Gasteiger partial charge < -0.3 is 9.26 Å². The largest absolute Gasteiger partial charge is 0.453 e. The zero-order valence-corrected chi connectivity index (χ0v) is 11.5. The Morgan fingerprint density at radius 2 is 2.06 bits per heavy atom. The number of rotatable bonds is 3. The number of ether oxygens (including phenoxy) is 1. The minimum absolute atomic E-state index is 0.281. The van der Waals surface area contributed by atoms with Gasteiger partial charge in [-0.2, -0.15) is 4.98 Å². The van der Waals surface area contributed by atoms with E-state index in [4.69, 9.17) is 9.26 Å². The highest BCUT2D eigenvalue weighted by Gasteiger charge is 2.17. The molecule has 0 saturated heterocycles. The summed E-state index contributed by atoms with van der Waals surface area (Å²) in [6.45, 7) is 3.02. The fraction of sp³-hybridized carbons (Fsp3) is 0.250. The molecule has 18 heavy (non-hydrogen) atoms. The predicted molar refractivity (Wildman–Crippen MR) is 67.6 cm³/mol. The summed E-state index contributed by atoms with van der Waals surface area (Å²) >= 11 is 3.35. The van der Waals surface area contributed by atoms with Crippen LogP contribution in [0.1, 0.15) is 25.8 Å². The molecule has 1 aromatic carbocycles. The summed E-state index contributed by atoms with van der Waals surface area (Å²) in [5.41, 5.74) is 0.836. The van der Waals surface area contributed by atoms with Crippen molar-refractivity contribution >= 4 is 21.9 Å². The third-order valence-corrected chi connectivity index (χ3v) is 2.76. The fourth-order valence-electron chi connectivity index (χ4n) is 1.42. The molecule has 2 rings (SSSR count). The van der Waals surface area contributed by atoms with Crippen molar-refractivity contribution in [3.8, 4) is 11.4 Å². The normalized spacial score (nSPS) is 12.2. The molecule has 0 bridgehead atoms. The molecule has 0 radical (unpaired) electrons. The van der Waals surface area contributed by atoms with Crippen LogP contribution in [0.5, 0.6) is 0 Å². The number of carbonyl (C=O) groups is 1. The molecule has 0 spiro atoms. The van der Waals surface area contributed by atoms with Gasteiger partial charge in [0.2, 0.25) is 5.82 Å². The van der Waals surface area contributed by atoms with Crippen molar-refractivity contribution < 1.29 is 14.1 Å². The van der Waals surface area contributed by atoms with E-state index in [1.807, 2.05) is 24.3 Å². The van der Waals surface area contributed by atoms with Crippen molar-refractivity contribution in [2.45, 2.75) is 20.0 Å². The minimum atomic E-state index is -0.542. The first-order valence-corrected chi connectivity index (χ1v) is 6.12. The molecule has 0 unspecified atom stereocenters. The molecule has 0 N–H and O–H groups in total.